The number of benzene rings is 1. The second-order valence-corrected chi connectivity index (χ2v) is 4.73. The van der Waals surface area contributed by atoms with Crippen molar-refractivity contribution < 1.29 is 4.79 Å². The summed E-state index contributed by atoms with van der Waals surface area (Å²) in [6.45, 7) is 7.73. The largest absolute Gasteiger partial charge is 0.369 e. The first-order valence-electron chi connectivity index (χ1n) is 6.53. The van der Waals surface area contributed by atoms with Crippen molar-refractivity contribution >= 4 is 11.6 Å². The second-order valence-electron chi connectivity index (χ2n) is 4.73. The van der Waals surface area contributed by atoms with Crippen LogP contribution >= 0.6 is 0 Å². The number of carbonyl (C=O) groups excluding carboxylic acids is 1. The van der Waals surface area contributed by atoms with E-state index in [0.717, 1.165) is 38.3 Å². The summed E-state index contributed by atoms with van der Waals surface area (Å²) < 4.78 is 0. The van der Waals surface area contributed by atoms with E-state index in [-0.39, 0.29) is 5.91 Å². The van der Waals surface area contributed by atoms with Crippen LogP contribution in [0.5, 0.6) is 0 Å². The zero-order valence-electron chi connectivity index (χ0n) is 10.9. The number of anilines is 1. The normalized spacial score (nSPS) is 16.8. The van der Waals surface area contributed by atoms with Gasteiger partial charge in [-0.15, -0.1) is 0 Å². The van der Waals surface area contributed by atoms with Crippen molar-refractivity contribution in [3.05, 3.63) is 29.8 Å². The van der Waals surface area contributed by atoms with Crippen LogP contribution in [0.25, 0.3) is 0 Å². The molecule has 1 amide bonds. The maximum atomic E-state index is 10.8. The molecule has 18 heavy (non-hydrogen) atoms. The van der Waals surface area contributed by atoms with Crippen LogP contribution in [-0.2, 0) is 11.2 Å². The monoisotopic (exact) mass is 247 g/mol. The van der Waals surface area contributed by atoms with Crippen LogP contribution in [0.4, 0.5) is 5.69 Å². The van der Waals surface area contributed by atoms with Crippen LogP contribution in [0, 0.1) is 0 Å². The van der Waals surface area contributed by atoms with E-state index in [0.29, 0.717) is 6.42 Å². The third kappa shape index (κ3) is 3.23. The molecule has 2 N–H and O–H groups in total. The van der Waals surface area contributed by atoms with Crippen LogP contribution < -0.4 is 10.6 Å². The van der Waals surface area contributed by atoms with Gasteiger partial charge in [0.05, 0.1) is 6.42 Å². The molecule has 0 aromatic heterocycles. The minimum absolute atomic E-state index is 0.278. The van der Waals surface area contributed by atoms with Gasteiger partial charge in [-0.25, -0.2) is 0 Å². The zero-order valence-corrected chi connectivity index (χ0v) is 10.9. The minimum atomic E-state index is -0.278. The number of carbonyl (C=O) groups is 1. The number of amides is 1. The number of likely N-dealkylation sites (N-methyl/N-ethyl adjacent to an activating group) is 1. The molecule has 0 aliphatic carbocycles. The smallest absolute Gasteiger partial charge is 0.221 e. The summed E-state index contributed by atoms with van der Waals surface area (Å²) >= 11 is 0. The highest BCUT2D eigenvalue weighted by atomic mass is 16.1. The summed E-state index contributed by atoms with van der Waals surface area (Å²) in [6.07, 6.45) is 0.323. The van der Waals surface area contributed by atoms with Crippen LogP contribution in [0.1, 0.15) is 12.5 Å². The van der Waals surface area contributed by atoms with Gasteiger partial charge in [-0.1, -0.05) is 19.1 Å². The topological polar surface area (TPSA) is 49.6 Å². The van der Waals surface area contributed by atoms with E-state index < -0.39 is 0 Å². The lowest BCUT2D eigenvalue weighted by Crippen LogP contribution is -2.46. The molecule has 2 rings (SSSR count). The molecule has 1 saturated heterocycles. The molecule has 1 aromatic rings. The Labute approximate surface area is 108 Å². The predicted octanol–water partition coefficient (Wildman–Crippen LogP) is 0.856. The van der Waals surface area contributed by atoms with Crippen LogP contribution in [0.3, 0.4) is 0 Å². The SMILES string of the molecule is CCN1CCN(c2ccc(CC(N)=O)cc2)CC1. The van der Waals surface area contributed by atoms with Gasteiger partial charge in [-0.2, -0.15) is 0 Å². The fourth-order valence-corrected chi connectivity index (χ4v) is 2.35. The van der Waals surface area contributed by atoms with Gasteiger partial charge in [0.15, 0.2) is 0 Å². The number of nitrogens with two attached hydrogens (primary N) is 1. The quantitative estimate of drug-likeness (QED) is 0.858. The molecule has 0 unspecified atom stereocenters. The number of primary amides is 1. The lowest BCUT2D eigenvalue weighted by atomic mass is 10.1. The Hall–Kier alpha value is -1.55. The predicted molar refractivity (Wildman–Crippen MR) is 73.7 cm³/mol. The molecule has 4 nitrogen and oxygen atoms in total. The van der Waals surface area contributed by atoms with Crippen LogP contribution in [0.15, 0.2) is 24.3 Å². The lowest BCUT2D eigenvalue weighted by molar-refractivity contribution is -0.117. The van der Waals surface area contributed by atoms with Crippen molar-refractivity contribution in [2.45, 2.75) is 13.3 Å². The number of piperazine rings is 1. The van der Waals surface area contributed by atoms with Gasteiger partial charge < -0.3 is 15.5 Å². The summed E-state index contributed by atoms with van der Waals surface area (Å²) in [5.74, 6) is -0.278. The first-order valence-corrected chi connectivity index (χ1v) is 6.53. The van der Waals surface area contributed by atoms with E-state index in [9.17, 15) is 4.79 Å². The molecule has 1 aliphatic rings. The Morgan fingerprint density at radius 2 is 1.78 bits per heavy atom. The average Bonchev–Trinajstić information content (AvgIpc) is 2.39. The van der Waals surface area contributed by atoms with Crippen LogP contribution in [-0.4, -0.2) is 43.5 Å². The van der Waals surface area contributed by atoms with Crippen molar-refractivity contribution in [3.8, 4) is 0 Å². The molecule has 98 valence electrons. The highest BCUT2D eigenvalue weighted by molar-refractivity contribution is 5.76. The number of nitrogens with zero attached hydrogens (tertiary/aromatic N) is 2. The van der Waals surface area contributed by atoms with E-state index in [4.69, 9.17) is 5.73 Å². The maximum absolute atomic E-state index is 10.8. The molecule has 1 aliphatic heterocycles. The van der Waals surface area contributed by atoms with E-state index >= 15 is 0 Å². The van der Waals surface area contributed by atoms with Gasteiger partial charge >= 0.3 is 0 Å². The Kier molecular flexibility index (Phi) is 4.20. The average molecular weight is 247 g/mol. The van der Waals surface area contributed by atoms with Gasteiger partial charge in [-0.05, 0) is 24.2 Å². The summed E-state index contributed by atoms with van der Waals surface area (Å²) in [5, 5.41) is 0. The van der Waals surface area contributed by atoms with Crippen molar-refractivity contribution in [1.29, 1.82) is 0 Å². The molecule has 0 bridgehead atoms. The summed E-state index contributed by atoms with van der Waals surface area (Å²) in [7, 11) is 0. The van der Waals surface area contributed by atoms with Gasteiger partial charge in [0, 0.05) is 31.9 Å². The molecule has 0 saturated carbocycles. The Morgan fingerprint density at radius 1 is 1.17 bits per heavy atom. The molecule has 0 radical (unpaired) electrons. The van der Waals surface area contributed by atoms with E-state index in [2.05, 4.69) is 28.9 Å². The highest BCUT2D eigenvalue weighted by Crippen LogP contribution is 2.17. The van der Waals surface area contributed by atoms with E-state index in [1.165, 1.54) is 5.69 Å². The number of hydrogen-bond donors (Lipinski definition) is 1. The summed E-state index contributed by atoms with van der Waals surface area (Å²) in [5.41, 5.74) is 7.40. The fraction of sp³-hybridized carbons (Fsp3) is 0.500. The number of hydrogen-bond acceptors (Lipinski definition) is 3. The summed E-state index contributed by atoms with van der Waals surface area (Å²) in [4.78, 5) is 15.7. The van der Waals surface area contributed by atoms with E-state index in [1.54, 1.807) is 0 Å². The van der Waals surface area contributed by atoms with Gasteiger partial charge in [0.25, 0.3) is 0 Å². The third-order valence-corrected chi connectivity index (χ3v) is 3.50. The third-order valence-electron chi connectivity index (χ3n) is 3.50. The molecule has 4 heteroatoms. The summed E-state index contributed by atoms with van der Waals surface area (Å²) in [6, 6.07) is 8.15. The van der Waals surface area contributed by atoms with Gasteiger partial charge in [0.1, 0.15) is 0 Å². The molecule has 0 atom stereocenters. The first kappa shape index (κ1) is 12.9. The second kappa shape index (κ2) is 5.87. The van der Waals surface area contributed by atoms with Crippen molar-refractivity contribution in [2.75, 3.05) is 37.6 Å². The Morgan fingerprint density at radius 3 is 2.28 bits per heavy atom. The first-order chi connectivity index (χ1) is 8.69. The van der Waals surface area contributed by atoms with E-state index in [1.807, 2.05) is 12.1 Å². The maximum Gasteiger partial charge on any atom is 0.221 e. The molecule has 0 spiro atoms. The lowest BCUT2D eigenvalue weighted by Gasteiger charge is -2.35. The minimum Gasteiger partial charge on any atom is -0.369 e. The molecular formula is C14H21N3O. The fourth-order valence-electron chi connectivity index (χ4n) is 2.35. The van der Waals surface area contributed by atoms with Crippen molar-refractivity contribution in [2.24, 2.45) is 5.73 Å². The molecule has 1 fully saturated rings. The molecular weight excluding hydrogens is 226 g/mol. The van der Waals surface area contributed by atoms with Crippen molar-refractivity contribution in [3.63, 3.8) is 0 Å². The van der Waals surface area contributed by atoms with Gasteiger partial charge in [-0.3, -0.25) is 4.79 Å². The standard InChI is InChI=1S/C14H21N3O/c1-2-16-7-9-17(10-8-16)13-5-3-12(4-6-13)11-14(15)18/h3-6H,2,7-11H2,1H3,(H2,15,18). The number of rotatable bonds is 4. The molecule has 1 heterocycles. The Balaban J connectivity index is 1.95. The zero-order chi connectivity index (χ0) is 13.0. The Bertz CT molecular complexity index is 394. The highest BCUT2D eigenvalue weighted by Gasteiger charge is 2.15. The molecule has 1 aromatic carbocycles. The van der Waals surface area contributed by atoms with Crippen molar-refractivity contribution in [1.82, 2.24) is 4.90 Å². The van der Waals surface area contributed by atoms with Crippen LogP contribution in [0.2, 0.25) is 0 Å². The van der Waals surface area contributed by atoms with Gasteiger partial charge in [0.2, 0.25) is 5.91 Å².